The zero-order valence-electron chi connectivity index (χ0n) is 14.2. The molecule has 2 fully saturated rings. The molecule has 4 heteroatoms. The Kier molecular flexibility index (Phi) is 6.49. The van der Waals surface area contributed by atoms with Crippen molar-refractivity contribution in [2.45, 2.75) is 76.4 Å². The second kappa shape index (κ2) is 8.16. The van der Waals surface area contributed by atoms with Gasteiger partial charge in [0.1, 0.15) is 0 Å². The summed E-state index contributed by atoms with van der Waals surface area (Å²) in [6.07, 6.45) is 6.37. The van der Waals surface area contributed by atoms with Crippen LogP contribution in [-0.2, 0) is 4.79 Å². The fourth-order valence-corrected chi connectivity index (χ4v) is 4.02. The molecule has 128 valence electrons. The zero-order chi connectivity index (χ0) is 15.5. The van der Waals surface area contributed by atoms with Gasteiger partial charge in [-0.15, -0.1) is 12.4 Å². The fraction of sp³-hybridized carbons (Fsp3) is 0.632. The Morgan fingerprint density at radius 2 is 1.83 bits per heavy atom. The van der Waals surface area contributed by atoms with Gasteiger partial charge in [-0.25, -0.2) is 0 Å². The van der Waals surface area contributed by atoms with Crippen molar-refractivity contribution in [3.63, 3.8) is 0 Å². The summed E-state index contributed by atoms with van der Waals surface area (Å²) in [7, 11) is 0. The first-order valence-corrected chi connectivity index (χ1v) is 8.76. The molecule has 1 aromatic rings. The fourth-order valence-electron chi connectivity index (χ4n) is 4.02. The summed E-state index contributed by atoms with van der Waals surface area (Å²) < 4.78 is 0. The molecule has 0 radical (unpaired) electrons. The second-order valence-electron chi connectivity index (χ2n) is 7.09. The zero-order valence-corrected chi connectivity index (χ0v) is 15.0. The Morgan fingerprint density at radius 1 is 1.22 bits per heavy atom. The number of benzene rings is 1. The molecule has 0 spiro atoms. The van der Waals surface area contributed by atoms with Crippen molar-refractivity contribution in [2.75, 3.05) is 0 Å². The smallest absolute Gasteiger partial charge is 0.220 e. The van der Waals surface area contributed by atoms with E-state index in [-0.39, 0.29) is 18.3 Å². The Hall–Kier alpha value is -1.06. The highest BCUT2D eigenvalue weighted by molar-refractivity contribution is 5.85. The van der Waals surface area contributed by atoms with E-state index < -0.39 is 0 Å². The quantitative estimate of drug-likeness (QED) is 0.860. The maximum absolute atomic E-state index is 12.4. The maximum atomic E-state index is 12.4. The number of carbonyl (C=O) groups is 1. The van der Waals surface area contributed by atoms with Crippen molar-refractivity contribution >= 4 is 18.3 Å². The van der Waals surface area contributed by atoms with E-state index in [0.717, 1.165) is 19.3 Å². The third kappa shape index (κ3) is 4.71. The number of nitrogens with one attached hydrogen (secondary N) is 2. The van der Waals surface area contributed by atoms with E-state index >= 15 is 0 Å². The van der Waals surface area contributed by atoms with Gasteiger partial charge in [0, 0.05) is 24.5 Å². The predicted molar refractivity (Wildman–Crippen MR) is 97.2 cm³/mol. The third-order valence-corrected chi connectivity index (χ3v) is 5.31. The lowest BCUT2D eigenvalue weighted by Crippen LogP contribution is -2.48. The average molecular weight is 337 g/mol. The minimum atomic E-state index is 0. The van der Waals surface area contributed by atoms with Crippen molar-refractivity contribution in [1.82, 2.24) is 10.6 Å². The number of carbonyl (C=O) groups excluding carboxylic acids is 1. The first-order valence-electron chi connectivity index (χ1n) is 8.76. The Morgan fingerprint density at radius 3 is 2.39 bits per heavy atom. The number of halogens is 1. The number of fused-ring (bicyclic) bond motifs is 2. The van der Waals surface area contributed by atoms with Gasteiger partial charge in [-0.05, 0) is 50.5 Å². The highest BCUT2D eigenvalue weighted by Gasteiger charge is 2.34. The van der Waals surface area contributed by atoms with E-state index in [9.17, 15) is 4.79 Å². The number of hydrogen-bond acceptors (Lipinski definition) is 2. The molecule has 2 N–H and O–H groups in total. The van der Waals surface area contributed by atoms with Crippen molar-refractivity contribution in [3.05, 3.63) is 35.4 Å². The number of aryl methyl sites for hydroxylation is 1. The summed E-state index contributed by atoms with van der Waals surface area (Å²) in [5, 5.41) is 6.91. The molecule has 0 saturated carbocycles. The van der Waals surface area contributed by atoms with Crippen LogP contribution in [0.5, 0.6) is 0 Å². The molecule has 2 bridgehead atoms. The topological polar surface area (TPSA) is 41.1 Å². The molecule has 1 amide bonds. The summed E-state index contributed by atoms with van der Waals surface area (Å²) in [6, 6.07) is 10.2. The van der Waals surface area contributed by atoms with Gasteiger partial charge in [-0.2, -0.15) is 0 Å². The van der Waals surface area contributed by atoms with Crippen LogP contribution in [0.4, 0.5) is 0 Å². The molecule has 3 atom stereocenters. The number of piperidine rings is 1. The minimum absolute atomic E-state index is 0. The van der Waals surface area contributed by atoms with Crippen LogP contribution in [0.15, 0.2) is 24.3 Å². The van der Waals surface area contributed by atoms with Gasteiger partial charge < -0.3 is 10.6 Å². The lowest BCUT2D eigenvalue weighted by molar-refractivity contribution is -0.122. The molecule has 2 heterocycles. The molecular weight excluding hydrogens is 308 g/mol. The van der Waals surface area contributed by atoms with Crippen LogP contribution in [0, 0.1) is 6.92 Å². The maximum Gasteiger partial charge on any atom is 0.220 e. The second-order valence-corrected chi connectivity index (χ2v) is 7.09. The average Bonchev–Trinajstić information content (AvgIpc) is 2.85. The molecule has 3 rings (SSSR count). The first kappa shape index (κ1) is 18.3. The van der Waals surface area contributed by atoms with Gasteiger partial charge >= 0.3 is 0 Å². The summed E-state index contributed by atoms with van der Waals surface area (Å²) in [4.78, 5) is 12.4. The molecule has 23 heavy (non-hydrogen) atoms. The molecule has 1 aromatic carbocycles. The first-order chi connectivity index (χ1) is 10.6. The van der Waals surface area contributed by atoms with Crippen LogP contribution in [0.1, 0.15) is 62.5 Å². The van der Waals surface area contributed by atoms with E-state index in [4.69, 9.17) is 0 Å². The number of rotatable bonds is 5. The molecule has 0 aromatic heterocycles. The van der Waals surface area contributed by atoms with E-state index in [1.165, 1.54) is 24.0 Å². The minimum Gasteiger partial charge on any atom is -0.353 e. The van der Waals surface area contributed by atoms with Crippen LogP contribution in [0.25, 0.3) is 0 Å². The van der Waals surface area contributed by atoms with Crippen LogP contribution >= 0.6 is 12.4 Å². The molecule has 3 unspecified atom stereocenters. The number of hydrogen-bond donors (Lipinski definition) is 2. The third-order valence-electron chi connectivity index (χ3n) is 5.31. The van der Waals surface area contributed by atoms with Crippen molar-refractivity contribution in [1.29, 1.82) is 0 Å². The Balaban J connectivity index is 0.00000192. The van der Waals surface area contributed by atoms with Gasteiger partial charge in [0.2, 0.25) is 5.91 Å². The Labute approximate surface area is 146 Å². The van der Waals surface area contributed by atoms with Gasteiger partial charge in [-0.3, -0.25) is 4.79 Å². The van der Waals surface area contributed by atoms with Crippen LogP contribution in [-0.4, -0.2) is 24.0 Å². The molecule has 2 aliphatic rings. The molecule has 2 aliphatic heterocycles. The normalized spacial score (nSPS) is 27.1. The summed E-state index contributed by atoms with van der Waals surface area (Å²) in [5.74, 6) is 0.553. The van der Waals surface area contributed by atoms with E-state index in [2.05, 4.69) is 48.7 Å². The monoisotopic (exact) mass is 336 g/mol. The predicted octanol–water partition coefficient (Wildman–Crippen LogP) is 3.70. The van der Waals surface area contributed by atoms with Gasteiger partial charge in [0.25, 0.3) is 0 Å². The largest absolute Gasteiger partial charge is 0.353 e. The van der Waals surface area contributed by atoms with Crippen LogP contribution in [0.2, 0.25) is 0 Å². The highest BCUT2D eigenvalue weighted by Crippen LogP contribution is 2.28. The summed E-state index contributed by atoms with van der Waals surface area (Å²) in [6.45, 7) is 4.27. The van der Waals surface area contributed by atoms with E-state index in [1.807, 2.05) is 0 Å². The van der Waals surface area contributed by atoms with Gasteiger partial charge in [0.05, 0.1) is 0 Å². The lowest BCUT2D eigenvalue weighted by Gasteiger charge is -2.30. The van der Waals surface area contributed by atoms with Gasteiger partial charge in [-0.1, -0.05) is 36.8 Å². The highest BCUT2D eigenvalue weighted by atomic mass is 35.5. The summed E-state index contributed by atoms with van der Waals surface area (Å²) >= 11 is 0. The standard InChI is InChI=1S/C19H28N2O.ClH/c1-3-14(15-6-4-13(2)5-7-15)10-19(22)21-18-11-16-8-9-17(12-18)20-16;/h4-7,14,16-18,20H,3,8-12H2,1-2H3,(H,21,22);1H. The van der Waals surface area contributed by atoms with E-state index in [0.29, 0.717) is 30.5 Å². The number of amides is 1. The molecule has 0 aliphatic carbocycles. The molecule has 3 nitrogen and oxygen atoms in total. The lowest BCUT2D eigenvalue weighted by atomic mass is 9.91. The van der Waals surface area contributed by atoms with E-state index in [1.54, 1.807) is 0 Å². The summed E-state index contributed by atoms with van der Waals surface area (Å²) in [5.41, 5.74) is 2.56. The molecule has 2 saturated heterocycles. The Bertz CT molecular complexity index is 505. The van der Waals surface area contributed by atoms with Crippen LogP contribution < -0.4 is 10.6 Å². The van der Waals surface area contributed by atoms with Gasteiger partial charge in [0.15, 0.2) is 0 Å². The SMILES string of the molecule is CCC(CC(=O)NC1CC2CCC(C1)N2)c1ccc(C)cc1.Cl. The van der Waals surface area contributed by atoms with Crippen molar-refractivity contribution < 1.29 is 4.79 Å². The van der Waals surface area contributed by atoms with Crippen molar-refractivity contribution in [3.8, 4) is 0 Å². The van der Waals surface area contributed by atoms with Crippen molar-refractivity contribution in [2.24, 2.45) is 0 Å². The molecular formula is C19H29ClN2O. The van der Waals surface area contributed by atoms with Crippen LogP contribution in [0.3, 0.4) is 0 Å².